The Morgan fingerprint density at radius 3 is 2.96 bits per heavy atom. The smallest absolute Gasteiger partial charge is 0.268 e. The van der Waals surface area contributed by atoms with Crippen LogP contribution in [0.2, 0.25) is 5.02 Å². The van der Waals surface area contributed by atoms with Gasteiger partial charge in [-0.05, 0) is 30.3 Å². The summed E-state index contributed by atoms with van der Waals surface area (Å²) in [6.07, 6.45) is 0.554. The molecule has 4 aromatic rings. The molecule has 0 aliphatic rings. The molecule has 7 heteroatoms. The van der Waals surface area contributed by atoms with Gasteiger partial charge in [0.15, 0.2) is 0 Å². The largest absolute Gasteiger partial charge is 0.508 e. The maximum Gasteiger partial charge on any atom is 0.268 e. The average molecular weight is 372 g/mol. The maximum atomic E-state index is 12.4. The van der Waals surface area contributed by atoms with Crippen molar-refractivity contribution in [3.8, 4) is 5.75 Å². The zero-order valence-electron chi connectivity index (χ0n) is 13.0. The summed E-state index contributed by atoms with van der Waals surface area (Å²) in [6, 6.07) is 12.5. The highest BCUT2D eigenvalue weighted by Gasteiger charge is 2.11. The van der Waals surface area contributed by atoms with Gasteiger partial charge in [0, 0.05) is 39.8 Å². The summed E-state index contributed by atoms with van der Waals surface area (Å²) in [5.41, 5.74) is 1.38. The number of hydrogen-bond donors (Lipinski definition) is 3. The summed E-state index contributed by atoms with van der Waals surface area (Å²) in [4.78, 5) is 19.8. The van der Waals surface area contributed by atoms with Crippen molar-refractivity contribution >= 4 is 48.9 Å². The molecule has 2 aromatic heterocycles. The van der Waals surface area contributed by atoms with Crippen LogP contribution in [-0.2, 0) is 6.42 Å². The number of anilines is 1. The van der Waals surface area contributed by atoms with Gasteiger partial charge in [-0.2, -0.15) is 0 Å². The third-order valence-corrected chi connectivity index (χ3v) is 5.27. The number of aromatic hydroxyl groups is 1. The molecule has 25 heavy (non-hydrogen) atoms. The molecule has 2 heterocycles. The number of halogens is 1. The van der Waals surface area contributed by atoms with Gasteiger partial charge < -0.3 is 15.4 Å². The van der Waals surface area contributed by atoms with Crippen molar-refractivity contribution in [1.82, 2.24) is 9.97 Å². The van der Waals surface area contributed by atoms with Crippen LogP contribution < -0.4 is 10.9 Å². The molecule has 4 rings (SSSR count). The van der Waals surface area contributed by atoms with E-state index in [-0.39, 0.29) is 11.3 Å². The second-order valence-electron chi connectivity index (χ2n) is 5.66. The molecular formula is C18H14ClN3O2S. The van der Waals surface area contributed by atoms with Gasteiger partial charge in [0.25, 0.3) is 5.56 Å². The van der Waals surface area contributed by atoms with Crippen molar-refractivity contribution in [2.24, 2.45) is 0 Å². The van der Waals surface area contributed by atoms with E-state index in [4.69, 9.17) is 11.6 Å². The molecule has 0 fully saturated rings. The Morgan fingerprint density at radius 2 is 2.12 bits per heavy atom. The van der Waals surface area contributed by atoms with Crippen LogP contribution in [0.5, 0.6) is 5.75 Å². The predicted molar refractivity (Wildman–Crippen MR) is 103 cm³/mol. The van der Waals surface area contributed by atoms with Gasteiger partial charge in [-0.3, -0.25) is 4.79 Å². The van der Waals surface area contributed by atoms with Gasteiger partial charge in [-0.1, -0.05) is 17.7 Å². The fourth-order valence-electron chi connectivity index (χ4n) is 2.73. The van der Waals surface area contributed by atoms with Gasteiger partial charge in [0.2, 0.25) is 0 Å². The molecule has 0 radical (unpaired) electrons. The van der Waals surface area contributed by atoms with E-state index in [0.717, 1.165) is 15.8 Å². The van der Waals surface area contributed by atoms with Gasteiger partial charge in [-0.15, -0.1) is 11.3 Å². The van der Waals surface area contributed by atoms with Gasteiger partial charge in [0.05, 0.1) is 5.52 Å². The molecule has 126 valence electrons. The Morgan fingerprint density at radius 1 is 1.24 bits per heavy atom. The summed E-state index contributed by atoms with van der Waals surface area (Å²) in [7, 11) is 0. The lowest BCUT2D eigenvalue weighted by Crippen LogP contribution is -2.14. The molecule has 0 saturated carbocycles. The highest BCUT2D eigenvalue weighted by molar-refractivity contribution is 7.25. The molecule has 0 atom stereocenters. The molecule has 5 nitrogen and oxygen atoms in total. The maximum absolute atomic E-state index is 12.4. The van der Waals surface area contributed by atoms with E-state index in [1.165, 1.54) is 11.3 Å². The quantitative estimate of drug-likeness (QED) is 0.503. The topological polar surface area (TPSA) is 78.0 Å². The molecule has 0 aliphatic carbocycles. The van der Waals surface area contributed by atoms with Crippen LogP contribution in [0.3, 0.4) is 0 Å². The Kier molecular flexibility index (Phi) is 4.07. The summed E-state index contributed by atoms with van der Waals surface area (Å²) >= 11 is 7.50. The Hall–Kier alpha value is -2.57. The van der Waals surface area contributed by atoms with Crippen molar-refractivity contribution < 1.29 is 5.11 Å². The number of nitrogens with zero attached hydrogens (tertiary/aromatic N) is 1. The predicted octanol–water partition coefficient (Wildman–Crippen LogP) is 4.15. The zero-order valence-corrected chi connectivity index (χ0v) is 14.6. The third kappa shape index (κ3) is 3.18. The van der Waals surface area contributed by atoms with Crippen molar-refractivity contribution in [3.05, 3.63) is 63.7 Å². The molecule has 0 unspecified atom stereocenters. The van der Waals surface area contributed by atoms with Crippen LogP contribution in [0.4, 0.5) is 5.69 Å². The average Bonchev–Trinajstić information content (AvgIpc) is 2.94. The van der Waals surface area contributed by atoms with Crippen LogP contribution in [0, 0.1) is 0 Å². The highest BCUT2D eigenvalue weighted by atomic mass is 35.5. The van der Waals surface area contributed by atoms with Crippen LogP contribution in [0.1, 0.15) is 5.82 Å². The fourth-order valence-corrected chi connectivity index (χ4v) is 3.92. The lowest BCUT2D eigenvalue weighted by molar-refractivity contribution is 0.475. The number of phenolic OH excluding ortho intramolecular Hbond substituents is 1. The summed E-state index contributed by atoms with van der Waals surface area (Å²) < 4.78 is 1.61. The fraction of sp³-hybridized carbons (Fsp3) is 0.111. The third-order valence-electron chi connectivity index (χ3n) is 3.87. The molecule has 0 amide bonds. The number of nitrogens with one attached hydrogen (secondary N) is 2. The number of rotatable bonds is 4. The Balaban J connectivity index is 1.62. The number of benzene rings is 2. The van der Waals surface area contributed by atoms with Crippen molar-refractivity contribution in [3.63, 3.8) is 0 Å². The second kappa shape index (κ2) is 6.38. The van der Waals surface area contributed by atoms with E-state index in [0.29, 0.717) is 34.0 Å². The minimum atomic E-state index is -0.130. The summed E-state index contributed by atoms with van der Waals surface area (Å²) in [5, 5.41) is 14.2. The Labute approximate surface area is 151 Å². The molecule has 0 spiro atoms. The molecule has 0 aliphatic heterocycles. The van der Waals surface area contributed by atoms with E-state index in [1.807, 2.05) is 24.3 Å². The SMILES string of the molecule is O=c1[nH]c(CCNc2cccc(O)c2)nc2c1sc1ccc(Cl)cc12. The first kappa shape index (κ1) is 15.9. The van der Waals surface area contributed by atoms with Gasteiger partial charge in [-0.25, -0.2) is 4.98 Å². The van der Waals surface area contributed by atoms with E-state index in [9.17, 15) is 9.90 Å². The van der Waals surface area contributed by atoms with Crippen LogP contribution >= 0.6 is 22.9 Å². The van der Waals surface area contributed by atoms with Crippen LogP contribution in [-0.4, -0.2) is 21.6 Å². The van der Waals surface area contributed by atoms with E-state index in [1.54, 1.807) is 18.2 Å². The first-order valence-corrected chi connectivity index (χ1v) is 8.93. The van der Waals surface area contributed by atoms with E-state index < -0.39 is 0 Å². The van der Waals surface area contributed by atoms with Gasteiger partial charge >= 0.3 is 0 Å². The highest BCUT2D eigenvalue weighted by Crippen LogP contribution is 2.32. The minimum absolute atomic E-state index is 0.130. The van der Waals surface area contributed by atoms with Gasteiger partial charge in [0.1, 0.15) is 16.3 Å². The lowest BCUT2D eigenvalue weighted by atomic mass is 10.2. The summed E-state index contributed by atoms with van der Waals surface area (Å²) in [5.74, 6) is 0.824. The summed E-state index contributed by atoms with van der Waals surface area (Å²) in [6.45, 7) is 0.584. The molecule has 0 saturated heterocycles. The number of thiophene rings is 1. The van der Waals surface area contributed by atoms with Crippen LogP contribution in [0.25, 0.3) is 20.3 Å². The number of H-pyrrole nitrogens is 1. The zero-order chi connectivity index (χ0) is 17.4. The number of hydrogen-bond acceptors (Lipinski definition) is 5. The van der Waals surface area contributed by atoms with Crippen molar-refractivity contribution in [2.75, 3.05) is 11.9 Å². The Bertz CT molecular complexity index is 1140. The lowest BCUT2D eigenvalue weighted by Gasteiger charge is -2.06. The first-order valence-electron chi connectivity index (χ1n) is 7.74. The number of aromatic nitrogens is 2. The molecule has 0 bridgehead atoms. The molecule has 2 aromatic carbocycles. The normalized spacial score (nSPS) is 11.2. The number of fused-ring (bicyclic) bond motifs is 3. The monoisotopic (exact) mass is 371 g/mol. The van der Waals surface area contributed by atoms with Crippen LogP contribution in [0.15, 0.2) is 47.3 Å². The number of phenols is 1. The standard InChI is InChI=1S/C18H14ClN3O2S/c19-10-4-5-14-13(8-10)16-17(25-14)18(24)22-15(21-16)6-7-20-11-2-1-3-12(23)9-11/h1-5,8-9,20,23H,6-7H2,(H,21,22,24). The van der Waals surface area contributed by atoms with E-state index >= 15 is 0 Å². The van der Waals surface area contributed by atoms with Crippen molar-refractivity contribution in [1.29, 1.82) is 0 Å². The van der Waals surface area contributed by atoms with E-state index in [2.05, 4.69) is 15.3 Å². The first-order chi connectivity index (χ1) is 12.1. The molecule has 3 N–H and O–H groups in total. The van der Waals surface area contributed by atoms with Crippen molar-refractivity contribution in [2.45, 2.75) is 6.42 Å². The second-order valence-corrected chi connectivity index (χ2v) is 7.15. The molecular weight excluding hydrogens is 358 g/mol. The number of aromatic amines is 1. The minimum Gasteiger partial charge on any atom is -0.508 e.